The van der Waals surface area contributed by atoms with Crippen molar-refractivity contribution in [3.05, 3.63) is 29.8 Å². The van der Waals surface area contributed by atoms with Gasteiger partial charge in [-0.15, -0.1) is 0 Å². The molecule has 0 unspecified atom stereocenters. The number of benzene rings is 1. The predicted octanol–water partition coefficient (Wildman–Crippen LogP) is 7.69. The maximum absolute atomic E-state index is 11.9. The summed E-state index contributed by atoms with van der Waals surface area (Å²) in [5.74, 6) is -0.249. The molecule has 1 aromatic rings. The minimum Gasteiger partial charge on any atom is -0.462 e. The summed E-state index contributed by atoms with van der Waals surface area (Å²) in [7, 11) is 0. The molecule has 3 nitrogen and oxygen atoms in total. The Labute approximate surface area is 173 Å². The molecule has 1 aromatic carbocycles. The van der Waals surface area contributed by atoms with Crippen LogP contribution in [-0.4, -0.2) is 12.6 Å². The summed E-state index contributed by atoms with van der Waals surface area (Å²) < 4.78 is 5.31. The zero-order valence-corrected chi connectivity index (χ0v) is 18.2. The second-order valence-corrected chi connectivity index (χ2v) is 8.06. The summed E-state index contributed by atoms with van der Waals surface area (Å²) in [5, 5.41) is 0. The SMILES string of the molecule is CCCCCCCCCCCCCCCCCCOC(=O)c1ccc(N)cc1. The van der Waals surface area contributed by atoms with Crippen LogP contribution >= 0.6 is 0 Å². The zero-order chi connectivity index (χ0) is 20.3. The van der Waals surface area contributed by atoms with Gasteiger partial charge in [0.15, 0.2) is 0 Å². The Bertz CT molecular complexity index is 484. The number of anilines is 1. The van der Waals surface area contributed by atoms with Crippen molar-refractivity contribution in [1.82, 2.24) is 0 Å². The van der Waals surface area contributed by atoms with Gasteiger partial charge in [0, 0.05) is 5.69 Å². The molecule has 0 spiro atoms. The molecule has 0 bridgehead atoms. The molecule has 28 heavy (non-hydrogen) atoms. The fourth-order valence-electron chi connectivity index (χ4n) is 3.52. The lowest BCUT2D eigenvalue weighted by Gasteiger charge is -2.05. The first-order valence-corrected chi connectivity index (χ1v) is 11.8. The molecule has 0 saturated carbocycles. The molecule has 0 saturated heterocycles. The number of nitrogens with two attached hydrogens (primary N) is 1. The van der Waals surface area contributed by atoms with E-state index in [0.717, 1.165) is 12.8 Å². The topological polar surface area (TPSA) is 52.3 Å². The number of hydrogen-bond donors (Lipinski definition) is 1. The van der Waals surface area contributed by atoms with Crippen molar-refractivity contribution < 1.29 is 9.53 Å². The Balaban J connectivity index is 1.78. The van der Waals surface area contributed by atoms with E-state index in [1.165, 1.54) is 89.9 Å². The first-order valence-electron chi connectivity index (χ1n) is 11.8. The Morgan fingerprint density at radius 3 is 1.50 bits per heavy atom. The minimum atomic E-state index is -0.249. The van der Waals surface area contributed by atoms with E-state index < -0.39 is 0 Å². The van der Waals surface area contributed by atoms with Crippen molar-refractivity contribution in [3.63, 3.8) is 0 Å². The van der Waals surface area contributed by atoms with E-state index >= 15 is 0 Å². The molecule has 0 radical (unpaired) electrons. The maximum Gasteiger partial charge on any atom is 0.338 e. The number of hydrogen-bond acceptors (Lipinski definition) is 3. The van der Waals surface area contributed by atoms with Crippen LogP contribution in [0.25, 0.3) is 0 Å². The van der Waals surface area contributed by atoms with Gasteiger partial charge in [-0.05, 0) is 30.7 Å². The predicted molar refractivity (Wildman–Crippen MR) is 121 cm³/mol. The first kappa shape index (κ1) is 24.5. The molecule has 0 aliphatic heterocycles. The summed E-state index contributed by atoms with van der Waals surface area (Å²) in [5.41, 5.74) is 6.86. The van der Waals surface area contributed by atoms with Gasteiger partial charge in [-0.1, -0.05) is 103 Å². The summed E-state index contributed by atoms with van der Waals surface area (Å²) in [6.45, 7) is 2.79. The minimum absolute atomic E-state index is 0.249. The highest BCUT2D eigenvalue weighted by molar-refractivity contribution is 5.89. The van der Waals surface area contributed by atoms with Crippen LogP contribution < -0.4 is 5.73 Å². The molecular weight excluding hydrogens is 346 g/mol. The standard InChI is InChI=1S/C25H43NO2/c1-2-3-4-5-6-7-8-9-10-11-12-13-14-15-16-17-22-28-25(27)23-18-20-24(26)21-19-23/h18-21H,2-17,22,26H2,1H3. The van der Waals surface area contributed by atoms with E-state index in [0.29, 0.717) is 17.9 Å². The Morgan fingerprint density at radius 2 is 1.07 bits per heavy atom. The number of carbonyl (C=O) groups excluding carboxylic acids is 1. The maximum atomic E-state index is 11.9. The number of carbonyl (C=O) groups is 1. The van der Waals surface area contributed by atoms with Gasteiger partial charge in [-0.2, -0.15) is 0 Å². The molecule has 2 N–H and O–H groups in total. The molecule has 0 fully saturated rings. The Kier molecular flexibility index (Phi) is 15.4. The van der Waals surface area contributed by atoms with E-state index in [2.05, 4.69) is 6.92 Å². The molecular formula is C25H43NO2. The van der Waals surface area contributed by atoms with E-state index in [-0.39, 0.29) is 5.97 Å². The van der Waals surface area contributed by atoms with Crippen molar-refractivity contribution in [2.45, 2.75) is 110 Å². The van der Waals surface area contributed by atoms with Crippen molar-refractivity contribution >= 4 is 11.7 Å². The zero-order valence-electron chi connectivity index (χ0n) is 18.2. The molecule has 0 aliphatic carbocycles. The lowest BCUT2D eigenvalue weighted by Crippen LogP contribution is -2.06. The number of esters is 1. The van der Waals surface area contributed by atoms with Gasteiger partial charge in [0.2, 0.25) is 0 Å². The van der Waals surface area contributed by atoms with Crippen LogP contribution in [0.15, 0.2) is 24.3 Å². The van der Waals surface area contributed by atoms with Gasteiger partial charge >= 0.3 is 5.97 Å². The third-order valence-electron chi connectivity index (χ3n) is 5.38. The molecule has 0 atom stereocenters. The van der Waals surface area contributed by atoms with E-state index in [9.17, 15) is 4.79 Å². The second kappa shape index (κ2) is 17.6. The van der Waals surface area contributed by atoms with Crippen LogP contribution in [0, 0.1) is 0 Å². The number of ether oxygens (including phenoxy) is 1. The fraction of sp³-hybridized carbons (Fsp3) is 0.720. The summed E-state index contributed by atoms with van der Waals surface area (Å²) in [6.07, 6.45) is 21.6. The van der Waals surface area contributed by atoms with Gasteiger partial charge in [-0.3, -0.25) is 0 Å². The highest BCUT2D eigenvalue weighted by Gasteiger charge is 2.05. The molecule has 3 heteroatoms. The van der Waals surface area contributed by atoms with Crippen LogP contribution in [0.5, 0.6) is 0 Å². The lowest BCUT2D eigenvalue weighted by molar-refractivity contribution is 0.0497. The number of nitrogen functional groups attached to an aromatic ring is 1. The van der Waals surface area contributed by atoms with Gasteiger partial charge in [0.05, 0.1) is 12.2 Å². The molecule has 1 rings (SSSR count). The third kappa shape index (κ3) is 13.6. The van der Waals surface area contributed by atoms with Crippen LogP contribution in [0.3, 0.4) is 0 Å². The van der Waals surface area contributed by atoms with Crippen LogP contribution in [0.4, 0.5) is 5.69 Å². The Morgan fingerprint density at radius 1 is 0.679 bits per heavy atom. The molecule has 0 aromatic heterocycles. The fourth-order valence-corrected chi connectivity index (χ4v) is 3.52. The molecule has 160 valence electrons. The summed E-state index contributed by atoms with van der Waals surface area (Å²) >= 11 is 0. The van der Waals surface area contributed by atoms with Gasteiger partial charge in [-0.25, -0.2) is 4.79 Å². The van der Waals surface area contributed by atoms with E-state index in [1.807, 2.05) is 0 Å². The summed E-state index contributed by atoms with van der Waals surface area (Å²) in [6, 6.07) is 6.88. The molecule has 0 amide bonds. The van der Waals surface area contributed by atoms with Crippen molar-refractivity contribution in [1.29, 1.82) is 0 Å². The van der Waals surface area contributed by atoms with Gasteiger partial charge in [0.25, 0.3) is 0 Å². The average molecular weight is 390 g/mol. The molecule has 0 aliphatic rings. The normalized spacial score (nSPS) is 10.9. The largest absolute Gasteiger partial charge is 0.462 e. The van der Waals surface area contributed by atoms with Crippen LogP contribution in [0.1, 0.15) is 120 Å². The number of unbranched alkanes of at least 4 members (excludes halogenated alkanes) is 15. The van der Waals surface area contributed by atoms with Crippen molar-refractivity contribution in [3.8, 4) is 0 Å². The highest BCUT2D eigenvalue weighted by Crippen LogP contribution is 2.14. The number of rotatable bonds is 18. The highest BCUT2D eigenvalue weighted by atomic mass is 16.5. The van der Waals surface area contributed by atoms with Crippen molar-refractivity contribution in [2.24, 2.45) is 0 Å². The second-order valence-electron chi connectivity index (χ2n) is 8.06. The average Bonchev–Trinajstić information content (AvgIpc) is 2.70. The van der Waals surface area contributed by atoms with Crippen LogP contribution in [-0.2, 0) is 4.74 Å². The van der Waals surface area contributed by atoms with Gasteiger partial charge < -0.3 is 10.5 Å². The quantitative estimate of drug-likeness (QED) is 0.159. The smallest absolute Gasteiger partial charge is 0.338 e. The molecule has 0 heterocycles. The summed E-state index contributed by atoms with van der Waals surface area (Å²) in [4.78, 5) is 11.9. The lowest BCUT2D eigenvalue weighted by atomic mass is 10.0. The van der Waals surface area contributed by atoms with Crippen LogP contribution in [0.2, 0.25) is 0 Å². The Hall–Kier alpha value is -1.51. The van der Waals surface area contributed by atoms with Crippen molar-refractivity contribution in [2.75, 3.05) is 12.3 Å². The third-order valence-corrected chi connectivity index (χ3v) is 5.38. The van der Waals surface area contributed by atoms with E-state index in [1.54, 1.807) is 24.3 Å². The van der Waals surface area contributed by atoms with Gasteiger partial charge in [0.1, 0.15) is 0 Å². The monoisotopic (exact) mass is 389 g/mol. The van der Waals surface area contributed by atoms with E-state index in [4.69, 9.17) is 10.5 Å². The first-order chi connectivity index (χ1) is 13.7.